The molecular formula is C9H14N4OS2. The summed E-state index contributed by atoms with van der Waals surface area (Å²) in [4.78, 5) is 13.1. The van der Waals surface area contributed by atoms with Gasteiger partial charge in [-0.3, -0.25) is 15.1 Å². The Balaban J connectivity index is 2.67. The Bertz CT molecular complexity index is 353. The van der Waals surface area contributed by atoms with Crippen LogP contribution in [0, 0.1) is 0 Å². The number of thiocarbonyl (C=S) groups is 1. The lowest BCUT2D eigenvalue weighted by Crippen LogP contribution is -2.34. The van der Waals surface area contributed by atoms with E-state index < -0.39 is 0 Å². The van der Waals surface area contributed by atoms with Gasteiger partial charge in [-0.2, -0.15) is 0 Å². The van der Waals surface area contributed by atoms with Crippen molar-refractivity contribution in [2.45, 2.75) is 6.92 Å². The molecule has 0 bridgehead atoms. The number of nitrogens with one attached hydrogen (secondary N) is 2. The topological polar surface area (TPSA) is 56.7 Å². The molecule has 1 heterocycles. The summed E-state index contributed by atoms with van der Waals surface area (Å²) < 4.78 is 0. The summed E-state index contributed by atoms with van der Waals surface area (Å²) in [6.45, 7) is 6.16. The molecule has 1 rings (SSSR count). The van der Waals surface area contributed by atoms with Gasteiger partial charge in [0.2, 0.25) is 5.91 Å². The first kappa shape index (κ1) is 13.0. The Morgan fingerprint density at radius 1 is 1.75 bits per heavy atom. The maximum absolute atomic E-state index is 11.5. The monoisotopic (exact) mass is 258 g/mol. The molecule has 0 aromatic heterocycles. The van der Waals surface area contributed by atoms with Crippen molar-refractivity contribution in [3.05, 3.63) is 12.2 Å². The molecule has 7 heteroatoms. The van der Waals surface area contributed by atoms with Crippen LogP contribution < -0.4 is 10.7 Å². The molecular weight excluding hydrogens is 244 g/mol. The number of amidine groups is 1. The molecule has 5 nitrogen and oxygen atoms in total. The molecule has 16 heavy (non-hydrogen) atoms. The zero-order valence-electron chi connectivity index (χ0n) is 9.24. The molecule has 0 spiro atoms. The van der Waals surface area contributed by atoms with Gasteiger partial charge in [0.05, 0.1) is 5.75 Å². The first-order chi connectivity index (χ1) is 7.54. The van der Waals surface area contributed by atoms with Crippen molar-refractivity contribution in [1.29, 1.82) is 0 Å². The second kappa shape index (κ2) is 5.86. The van der Waals surface area contributed by atoms with Crippen molar-refractivity contribution in [3.63, 3.8) is 0 Å². The van der Waals surface area contributed by atoms with Crippen molar-refractivity contribution < 1.29 is 4.79 Å². The molecule has 1 aliphatic heterocycles. The predicted octanol–water partition coefficient (Wildman–Crippen LogP) is 0.503. The minimum Gasteiger partial charge on any atom is -0.364 e. The van der Waals surface area contributed by atoms with Crippen LogP contribution in [-0.2, 0) is 4.79 Å². The first-order valence-electron chi connectivity index (χ1n) is 4.67. The molecule has 1 saturated heterocycles. The fourth-order valence-electron chi connectivity index (χ4n) is 1.06. The predicted molar refractivity (Wildman–Crippen MR) is 71.2 cm³/mol. The van der Waals surface area contributed by atoms with Crippen molar-refractivity contribution in [2.24, 2.45) is 5.10 Å². The van der Waals surface area contributed by atoms with E-state index in [2.05, 4.69) is 22.4 Å². The number of thioether (sulfide) groups is 1. The minimum atomic E-state index is 0.0453. The van der Waals surface area contributed by atoms with E-state index in [0.717, 1.165) is 5.57 Å². The summed E-state index contributed by atoms with van der Waals surface area (Å²) >= 11 is 6.27. The first-order valence-corrected chi connectivity index (χ1v) is 6.07. The van der Waals surface area contributed by atoms with Crippen LogP contribution in [0.5, 0.6) is 0 Å². The molecule has 0 aliphatic carbocycles. The quantitative estimate of drug-likeness (QED) is 0.439. The van der Waals surface area contributed by atoms with Crippen molar-refractivity contribution in [1.82, 2.24) is 15.6 Å². The van der Waals surface area contributed by atoms with Crippen LogP contribution in [0.1, 0.15) is 6.92 Å². The van der Waals surface area contributed by atoms with E-state index in [1.54, 1.807) is 11.9 Å². The van der Waals surface area contributed by atoms with E-state index in [4.69, 9.17) is 12.2 Å². The van der Waals surface area contributed by atoms with Gasteiger partial charge in [0, 0.05) is 13.6 Å². The van der Waals surface area contributed by atoms with E-state index >= 15 is 0 Å². The highest BCUT2D eigenvalue weighted by molar-refractivity contribution is 8.15. The fourth-order valence-corrected chi connectivity index (χ4v) is 1.95. The van der Waals surface area contributed by atoms with Gasteiger partial charge in [-0.25, -0.2) is 0 Å². The number of nitrogens with zero attached hydrogens (tertiary/aromatic N) is 2. The van der Waals surface area contributed by atoms with Crippen molar-refractivity contribution in [2.75, 3.05) is 19.3 Å². The van der Waals surface area contributed by atoms with Gasteiger partial charge < -0.3 is 5.32 Å². The maximum Gasteiger partial charge on any atom is 0.239 e. The lowest BCUT2D eigenvalue weighted by atomic mass is 10.3. The molecule has 1 aliphatic rings. The number of amides is 1. The zero-order chi connectivity index (χ0) is 12.1. The SMILES string of the molecule is C=C(C)CN1C(=O)CS/C1=N\NC(=S)NC. The van der Waals surface area contributed by atoms with Crippen molar-refractivity contribution in [3.8, 4) is 0 Å². The average molecular weight is 258 g/mol. The van der Waals surface area contributed by atoms with Gasteiger partial charge >= 0.3 is 0 Å². The normalized spacial score (nSPS) is 17.8. The third kappa shape index (κ3) is 3.49. The van der Waals surface area contributed by atoms with Gasteiger partial charge in [0.1, 0.15) is 0 Å². The van der Waals surface area contributed by atoms with Gasteiger partial charge in [-0.1, -0.05) is 23.9 Å². The minimum absolute atomic E-state index is 0.0453. The molecule has 0 aromatic rings. The van der Waals surface area contributed by atoms with E-state index in [9.17, 15) is 4.79 Å². The Labute approximate surface area is 104 Å². The van der Waals surface area contributed by atoms with Gasteiger partial charge in [-0.05, 0) is 19.1 Å². The van der Waals surface area contributed by atoms with Crippen LogP contribution in [0.3, 0.4) is 0 Å². The van der Waals surface area contributed by atoms with Gasteiger partial charge in [0.15, 0.2) is 10.3 Å². The van der Waals surface area contributed by atoms with Gasteiger partial charge in [-0.15, -0.1) is 5.10 Å². The largest absolute Gasteiger partial charge is 0.364 e. The van der Waals surface area contributed by atoms with Crippen LogP contribution in [0.25, 0.3) is 0 Å². The van der Waals surface area contributed by atoms with Crippen LogP contribution in [0.15, 0.2) is 17.3 Å². The smallest absolute Gasteiger partial charge is 0.239 e. The highest BCUT2D eigenvalue weighted by Crippen LogP contribution is 2.19. The Morgan fingerprint density at radius 2 is 2.44 bits per heavy atom. The lowest BCUT2D eigenvalue weighted by molar-refractivity contribution is -0.123. The summed E-state index contributed by atoms with van der Waals surface area (Å²) in [7, 11) is 1.70. The highest BCUT2D eigenvalue weighted by Gasteiger charge is 2.28. The van der Waals surface area contributed by atoms with Crippen molar-refractivity contribution >= 4 is 40.2 Å². The average Bonchev–Trinajstić information content (AvgIpc) is 2.56. The Morgan fingerprint density at radius 3 is 3.00 bits per heavy atom. The van der Waals surface area contributed by atoms with Crippen LogP contribution in [-0.4, -0.2) is 40.4 Å². The summed E-state index contributed by atoms with van der Waals surface area (Å²) in [5, 5.41) is 7.86. The molecule has 2 N–H and O–H groups in total. The summed E-state index contributed by atoms with van der Waals surface area (Å²) in [5.74, 6) is 0.462. The molecule has 0 aromatic carbocycles. The Kier molecular flexibility index (Phi) is 4.75. The fraction of sp³-hybridized carbons (Fsp3) is 0.444. The molecule has 1 amide bonds. The molecule has 0 unspecified atom stereocenters. The number of rotatable bonds is 3. The Hall–Kier alpha value is -1.08. The number of hydrazone groups is 1. The zero-order valence-corrected chi connectivity index (χ0v) is 10.9. The standard InChI is InChI=1S/C9H14N4OS2/c1-6(2)4-13-7(14)5-16-9(13)12-11-8(15)10-3/h1,4-5H2,2-3H3,(H2,10,11,15)/b12-9-. The highest BCUT2D eigenvalue weighted by atomic mass is 32.2. The third-order valence-corrected chi connectivity index (χ3v) is 3.02. The van der Waals surface area contributed by atoms with E-state index in [1.807, 2.05) is 6.92 Å². The summed E-state index contributed by atoms with van der Waals surface area (Å²) in [6.07, 6.45) is 0. The van der Waals surface area contributed by atoms with Crippen LogP contribution in [0.2, 0.25) is 0 Å². The summed E-state index contributed by atoms with van der Waals surface area (Å²) in [6, 6.07) is 0. The second-order valence-electron chi connectivity index (χ2n) is 3.31. The van der Waals surface area contributed by atoms with Gasteiger partial charge in [0.25, 0.3) is 0 Å². The molecule has 1 fully saturated rings. The third-order valence-electron chi connectivity index (χ3n) is 1.76. The van der Waals surface area contributed by atoms with Crippen LogP contribution >= 0.6 is 24.0 Å². The molecule has 0 saturated carbocycles. The van der Waals surface area contributed by atoms with Crippen LogP contribution in [0.4, 0.5) is 0 Å². The number of hydrogen-bond acceptors (Lipinski definition) is 4. The maximum atomic E-state index is 11.5. The lowest BCUT2D eigenvalue weighted by Gasteiger charge is -2.15. The van der Waals surface area contributed by atoms with E-state index in [0.29, 0.717) is 22.6 Å². The number of carbonyl (C=O) groups is 1. The second-order valence-corrected chi connectivity index (χ2v) is 4.66. The summed E-state index contributed by atoms with van der Waals surface area (Å²) in [5.41, 5.74) is 3.58. The van der Waals surface area contributed by atoms with E-state index in [-0.39, 0.29) is 5.91 Å². The molecule has 0 radical (unpaired) electrons. The molecule has 88 valence electrons. The number of carbonyl (C=O) groups excluding carboxylic acids is 1. The van der Waals surface area contributed by atoms with E-state index in [1.165, 1.54) is 11.8 Å². The molecule has 0 atom stereocenters. The number of hydrogen-bond donors (Lipinski definition) is 2.